The highest BCUT2D eigenvalue weighted by Gasteiger charge is 2.05. The molecule has 0 amide bonds. The molecule has 0 saturated carbocycles. The summed E-state index contributed by atoms with van der Waals surface area (Å²) >= 11 is 0. The zero-order valence-electron chi connectivity index (χ0n) is 8.73. The number of aryl methyl sites for hydroxylation is 1. The second-order valence-corrected chi connectivity index (χ2v) is 3.79. The van der Waals surface area contributed by atoms with Gasteiger partial charge in [0.15, 0.2) is 0 Å². The molecule has 4 heteroatoms. The van der Waals surface area contributed by atoms with Crippen molar-refractivity contribution < 1.29 is 15.0 Å². The second kappa shape index (κ2) is 4.26. The molecule has 0 aliphatic rings. The number of phenolic OH excluding ortho intramolecular Hbond substituents is 1. The van der Waals surface area contributed by atoms with Gasteiger partial charge in [-0.2, -0.15) is 0 Å². The number of H-pyrrole nitrogens is 1. The minimum Gasteiger partial charge on any atom is -0.508 e. The van der Waals surface area contributed by atoms with E-state index < -0.39 is 5.97 Å². The van der Waals surface area contributed by atoms with E-state index in [2.05, 4.69) is 4.98 Å². The molecule has 0 atom stereocenters. The summed E-state index contributed by atoms with van der Waals surface area (Å²) in [6, 6.07) is 5.13. The predicted molar refractivity (Wildman–Crippen MR) is 60.5 cm³/mol. The van der Waals surface area contributed by atoms with Gasteiger partial charge in [0, 0.05) is 23.5 Å². The average molecular weight is 219 g/mol. The lowest BCUT2D eigenvalue weighted by molar-refractivity contribution is -0.137. The standard InChI is InChI=1S/C12H13NO3/c14-9-4-5-11-10(6-9)8(7-13-11)2-1-3-12(15)16/h4-7,13-14H,1-3H2,(H,15,16). The van der Waals surface area contributed by atoms with Gasteiger partial charge in [-0.15, -0.1) is 0 Å². The number of aromatic nitrogens is 1. The minimum absolute atomic E-state index is 0.172. The van der Waals surface area contributed by atoms with Crippen LogP contribution in [0, 0.1) is 0 Å². The van der Waals surface area contributed by atoms with E-state index in [0.717, 1.165) is 16.5 Å². The summed E-state index contributed by atoms with van der Waals surface area (Å²) < 4.78 is 0. The van der Waals surface area contributed by atoms with E-state index in [1.807, 2.05) is 12.3 Å². The van der Waals surface area contributed by atoms with Crippen LogP contribution in [0.1, 0.15) is 18.4 Å². The second-order valence-electron chi connectivity index (χ2n) is 3.79. The summed E-state index contributed by atoms with van der Waals surface area (Å²) in [6.07, 6.45) is 3.35. The molecule has 1 aromatic carbocycles. The van der Waals surface area contributed by atoms with Crippen molar-refractivity contribution in [2.24, 2.45) is 0 Å². The molecule has 0 saturated heterocycles. The van der Waals surface area contributed by atoms with E-state index in [4.69, 9.17) is 5.11 Å². The first-order valence-corrected chi connectivity index (χ1v) is 5.17. The number of phenols is 1. The third-order valence-electron chi connectivity index (χ3n) is 2.59. The third kappa shape index (κ3) is 2.16. The fourth-order valence-corrected chi connectivity index (χ4v) is 1.80. The molecule has 0 spiro atoms. The van der Waals surface area contributed by atoms with Crippen LogP contribution in [0.4, 0.5) is 0 Å². The summed E-state index contributed by atoms with van der Waals surface area (Å²) in [4.78, 5) is 13.5. The van der Waals surface area contributed by atoms with Crippen LogP contribution in [0.25, 0.3) is 10.9 Å². The van der Waals surface area contributed by atoms with Gasteiger partial charge in [0.05, 0.1) is 0 Å². The zero-order chi connectivity index (χ0) is 11.5. The number of hydrogen-bond acceptors (Lipinski definition) is 2. The zero-order valence-corrected chi connectivity index (χ0v) is 8.73. The summed E-state index contributed by atoms with van der Waals surface area (Å²) in [5.74, 6) is -0.547. The highest BCUT2D eigenvalue weighted by Crippen LogP contribution is 2.23. The number of carboxylic acids is 1. The number of aromatic hydroxyl groups is 1. The van der Waals surface area contributed by atoms with Gasteiger partial charge >= 0.3 is 5.97 Å². The molecule has 0 fully saturated rings. The summed E-state index contributed by atoms with van der Waals surface area (Å²) in [7, 11) is 0. The van der Waals surface area contributed by atoms with Gasteiger partial charge in [-0.05, 0) is 36.6 Å². The van der Waals surface area contributed by atoms with E-state index in [0.29, 0.717) is 12.8 Å². The predicted octanol–water partition coefficient (Wildman–Crippen LogP) is 2.28. The first-order chi connectivity index (χ1) is 7.66. The lowest BCUT2D eigenvalue weighted by atomic mass is 10.1. The van der Waals surface area contributed by atoms with Crippen LogP contribution in [0.3, 0.4) is 0 Å². The number of hydrogen-bond donors (Lipinski definition) is 3. The Morgan fingerprint density at radius 2 is 2.19 bits per heavy atom. The summed E-state index contributed by atoms with van der Waals surface area (Å²) in [5, 5.41) is 18.9. The maximum Gasteiger partial charge on any atom is 0.303 e. The Bertz CT molecular complexity index is 516. The molecule has 4 nitrogen and oxygen atoms in total. The first kappa shape index (κ1) is 10.5. The minimum atomic E-state index is -0.775. The number of carbonyl (C=O) groups is 1. The number of rotatable bonds is 4. The van der Waals surface area contributed by atoms with Crippen LogP contribution in [0.15, 0.2) is 24.4 Å². The van der Waals surface area contributed by atoms with Gasteiger partial charge < -0.3 is 15.2 Å². The Labute approximate surface area is 92.5 Å². The number of aromatic amines is 1. The molecule has 1 heterocycles. The first-order valence-electron chi connectivity index (χ1n) is 5.17. The Kier molecular flexibility index (Phi) is 2.81. The van der Waals surface area contributed by atoms with E-state index in [-0.39, 0.29) is 12.2 Å². The van der Waals surface area contributed by atoms with Crippen LogP contribution < -0.4 is 0 Å². The number of benzene rings is 1. The molecule has 84 valence electrons. The topological polar surface area (TPSA) is 73.3 Å². The molecule has 0 radical (unpaired) electrons. The molecule has 1 aromatic heterocycles. The van der Waals surface area contributed by atoms with Crippen molar-refractivity contribution in [3.05, 3.63) is 30.0 Å². The average Bonchev–Trinajstić information content (AvgIpc) is 2.60. The quantitative estimate of drug-likeness (QED) is 0.738. The highest BCUT2D eigenvalue weighted by atomic mass is 16.4. The summed E-state index contributed by atoms with van der Waals surface area (Å²) in [5.41, 5.74) is 2.01. The third-order valence-corrected chi connectivity index (χ3v) is 2.59. The van der Waals surface area contributed by atoms with Gasteiger partial charge in [0.1, 0.15) is 5.75 Å². The lowest BCUT2D eigenvalue weighted by Gasteiger charge is -1.98. The number of aliphatic carboxylic acids is 1. The van der Waals surface area contributed by atoms with Crippen molar-refractivity contribution in [1.82, 2.24) is 4.98 Å². The van der Waals surface area contributed by atoms with Crippen molar-refractivity contribution in [3.8, 4) is 5.75 Å². The lowest BCUT2D eigenvalue weighted by Crippen LogP contribution is -1.95. The largest absolute Gasteiger partial charge is 0.508 e. The molecule has 0 unspecified atom stereocenters. The van der Waals surface area contributed by atoms with Crippen LogP contribution in [-0.4, -0.2) is 21.2 Å². The number of nitrogens with one attached hydrogen (secondary N) is 1. The van der Waals surface area contributed by atoms with Gasteiger partial charge in [0.25, 0.3) is 0 Å². The maximum absolute atomic E-state index is 10.4. The fraction of sp³-hybridized carbons (Fsp3) is 0.250. The molecule has 0 bridgehead atoms. The van der Waals surface area contributed by atoms with E-state index in [9.17, 15) is 9.90 Å². The van der Waals surface area contributed by atoms with Crippen molar-refractivity contribution in [2.75, 3.05) is 0 Å². The highest BCUT2D eigenvalue weighted by molar-refractivity contribution is 5.84. The van der Waals surface area contributed by atoms with Crippen LogP contribution in [0.5, 0.6) is 5.75 Å². The Morgan fingerprint density at radius 1 is 1.38 bits per heavy atom. The Morgan fingerprint density at radius 3 is 2.94 bits per heavy atom. The molecular formula is C12H13NO3. The van der Waals surface area contributed by atoms with Crippen LogP contribution in [0.2, 0.25) is 0 Å². The monoisotopic (exact) mass is 219 g/mol. The van der Waals surface area contributed by atoms with Crippen LogP contribution >= 0.6 is 0 Å². The SMILES string of the molecule is O=C(O)CCCc1c[nH]c2ccc(O)cc12. The van der Waals surface area contributed by atoms with Crippen molar-refractivity contribution in [3.63, 3.8) is 0 Å². The summed E-state index contributed by atoms with van der Waals surface area (Å²) in [6.45, 7) is 0. The molecule has 0 aliphatic heterocycles. The maximum atomic E-state index is 10.4. The fourth-order valence-electron chi connectivity index (χ4n) is 1.80. The molecular weight excluding hydrogens is 206 g/mol. The van der Waals surface area contributed by atoms with E-state index in [1.165, 1.54) is 0 Å². The van der Waals surface area contributed by atoms with E-state index >= 15 is 0 Å². The number of fused-ring (bicyclic) bond motifs is 1. The van der Waals surface area contributed by atoms with E-state index in [1.54, 1.807) is 12.1 Å². The van der Waals surface area contributed by atoms with Crippen molar-refractivity contribution in [2.45, 2.75) is 19.3 Å². The van der Waals surface area contributed by atoms with Gasteiger partial charge in [-0.3, -0.25) is 4.79 Å². The normalized spacial score (nSPS) is 10.8. The smallest absolute Gasteiger partial charge is 0.303 e. The molecule has 2 aromatic rings. The van der Waals surface area contributed by atoms with Gasteiger partial charge in [0.2, 0.25) is 0 Å². The van der Waals surface area contributed by atoms with Crippen molar-refractivity contribution >= 4 is 16.9 Å². The number of carboxylic acid groups (broad SMARTS) is 1. The molecule has 2 rings (SSSR count). The molecule has 0 aliphatic carbocycles. The van der Waals surface area contributed by atoms with Gasteiger partial charge in [-0.1, -0.05) is 0 Å². The van der Waals surface area contributed by atoms with Gasteiger partial charge in [-0.25, -0.2) is 0 Å². The molecule has 3 N–H and O–H groups in total. The molecule has 16 heavy (non-hydrogen) atoms. The van der Waals surface area contributed by atoms with Crippen LogP contribution in [-0.2, 0) is 11.2 Å². The Hall–Kier alpha value is -1.97. The Balaban J connectivity index is 2.17. The van der Waals surface area contributed by atoms with Crippen molar-refractivity contribution in [1.29, 1.82) is 0 Å².